The largest absolute Gasteiger partial charge is 0.480 e. The van der Waals surface area contributed by atoms with E-state index in [1.165, 1.54) is 6.33 Å². The zero-order valence-corrected chi connectivity index (χ0v) is 10.8. The summed E-state index contributed by atoms with van der Waals surface area (Å²) in [6.45, 7) is 6.14. The fourth-order valence-corrected chi connectivity index (χ4v) is 1.82. The zero-order chi connectivity index (χ0) is 12.8. The van der Waals surface area contributed by atoms with E-state index in [0.29, 0.717) is 12.3 Å². The van der Waals surface area contributed by atoms with Crippen LogP contribution in [0, 0.1) is 5.92 Å². The van der Waals surface area contributed by atoms with Crippen LogP contribution in [0.4, 0.5) is 0 Å². The predicted octanol–water partition coefficient (Wildman–Crippen LogP) is 2.29. The fraction of sp³-hybridized carbons (Fsp3) is 0.750. The van der Waals surface area contributed by atoms with Crippen molar-refractivity contribution in [3.63, 3.8) is 0 Å². The Kier molecular flexibility index (Phi) is 5.12. The van der Waals surface area contributed by atoms with Gasteiger partial charge >= 0.3 is 5.97 Å². The lowest BCUT2D eigenvalue weighted by Crippen LogP contribution is -2.22. The van der Waals surface area contributed by atoms with Gasteiger partial charge in [-0.2, -0.15) is 0 Å². The highest BCUT2D eigenvalue weighted by molar-refractivity contribution is 5.71. The molecule has 5 nitrogen and oxygen atoms in total. The molecule has 1 heterocycles. The number of carboxylic acids is 1. The van der Waals surface area contributed by atoms with Crippen LogP contribution in [-0.2, 0) is 11.2 Å². The molecule has 0 spiro atoms. The third kappa shape index (κ3) is 3.84. The lowest BCUT2D eigenvalue weighted by molar-refractivity contribution is -0.141. The molecule has 0 aromatic carbocycles. The van der Waals surface area contributed by atoms with Crippen molar-refractivity contribution in [1.29, 1.82) is 0 Å². The van der Waals surface area contributed by atoms with Crippen LogP contribution in [0.25, 0.3) is 0 Å². The highest BCUT2D eigenvalue weighted by Gasteiger charge is 2.23. The summed E-state index contributed by atoms with van der Waals surface area (Å²) in [5.41, 5.74) is 0. The van der Waals surface area contributed by atoms with E-state index < -0.39 is 12.0 Å². The molecule has 0 saturated heterocycles. The molecule has 0 amide bonds. The number of nitrogens with zero attached hydrogens (tertiary/aromatic N) is 3. The van der Waals surface area contributed by atoms with Gasteiger partial charge in [-0.25, -0.2) is 4.79 Å². The predicted molar refractivity (Wildman–Crippen MR) is 64.8 cm³/mol. The van der Waals surface area contributed by atoms with Crippen molar-refractivity contribution >= 4 is 5.97 Å². The monoisotopic (exact) mass is 239 g/mol. The van der Waals surface area contributed by atoms with E-state index in [1.807, 2.05) is 13.8 Å². The molecule has 5 heteroatoms. The molecule has 0 aliphatic carbocycles. The van der Waals surface area contributed by atoms with Gasteiger partial charge in [0.1, 0.15) is 18.2 Å². The van der Waals surface area contributed by atoms with E-state index in [4.69, 9.17) is 0 Å². The van der Waals surface area contributed by atoms with E-state index in [-0.39, 0.29) is 0 Å². The maximum atomic E-state index is 11.3. The number of carbonyl (C=O) groups is 1. The lowest BCUT2D eigenvalue weighted by Gasteiger charge is -2.17. The van der Waals surface area contributed by atoms with Gasteiger partial charge < -0.3 is 9.67 Å². The van der Waals surface area contributed by atoms with Crippen molar-refractivity contribution in [2.75, 3.05) is 0 Å². The van der Waals surface area contributed by atoms with Crippen LogP contribution >= 0.6 is 0 Å². The minimum Gasteiger partial charge on any atom is -0.480 e. The molecule has 1 rings (SSSR count). The van der Waals surface area contributed by atoms with E-state index in [9.17, 15) is 9.90 Å². The Bertz CT molecular complexity index is 360. The molecule has 0 radical (unpaired) electrons. The minimum atomic E-state index is -0.809. The third-order valence-corrected chi connectivity index (χ3v) is 2.72. The number of rotatable bonds is 7. The van der Waals surface area contributed by atoms with Crippen LogP contribution in [0.2, 0.25) is 0 Å². The molecular weight excluding hydrogens is 218 g/mol. The van der Waals surface area contributed by atoms with Gasteiger partial charge in [-0.15, -0.1) is 10.2 Å². The molecule has 1 aromatic rings. The van der Waals surface area contributed by atoms with Crippen molar-refractivity contribution in [1.82, 2.24) is 14.8 Å². The second-order valence-electron chi connectivity index (χ2n) is 4.74. The van der Waals surface area contributed by atoms with Crippen molar-refractivity contribution in [3.05, 3.63) is 12.2 Å². The number of carboxylic acid groups (broad SMARTS) is 1. The van der Waals surface area contributed by atoms with Crippen molar-refractivity contribution in [2.45, 2.75) is 52.5 Å². The molecule has 1 atom stereocenters. The van der Waals surface area contributed by atoms with Gasteiger partial charge in [0.2, 0.25) is 0 Å². The molecule has 0 saturated carbocycles. The zero-order valence-electron chi connectivity index (χ0n) is 10.8. The molecule has 0 fully saturated rings. The number of aryl methyl sites for hydroxylation is 1. The number of hydrogen-bond donors (Lipinski definition) is 1. The van der Waals surface area contributed by atoms with Crippen LogP contribution in [0.15, 0.2) is 6.33 Å². The second kappa shape index (κ2) is 6.37. The van der Waals surface area contributed by atoms with Gasteiger partial charge in [-0.3, -0.25) is 0 Å². The molecule has 1 N–H and O–H groups in total. The summed E-state index contributed by atoms with van der Waals surface area (Å²) in [5, 5.41) is 17.1. The number of aliphatic carboxylic acids is 1. The van der Waals surface area contributed by atoms with Crippen LogP contribution in [0.1, 0.15) is 51.9 Å². The quantitative estimate of drug-likeness (QED) is 0.792. The van der Waals surface area contributed by atoms with Gasteiger partial charge in [0.15, 0.2) is 0 Å². The van der Waals surface area contributed by atoms with E-state index in [0.717, 1.165) is 25.1 Å². The Morgan fingerprint density at radius 1 is 1.53 bits per heavy atom. The first-order valence-corrected chi connectivity index (χ1v) is 6.17. The fourth-order valence-electron chi connectivity index (χ4n) is 1.82. The maximum absolute atomic E-state index is 11.3. The summed E-state index contributed by atoms with van der Waals surface area (Å²) < 4.78 is 1.71. The smallest absolute Gasteiger partial charge is 0.326 e. The highest BCUT2D eigenvalue weighted by Crippen LogP contribution is 2.19. The van der Waals surface area contributed by atoms with Gasteiger partial charge in [-0.1, -0.05) is 27.2 Å². The van der Waals surface area contributed by atoms with Gasteiger partial charge in [0.05, 0.1) is 0 Å². The lowest BCUT2D eigenvalue weighted by atomic mass is 10.0. The topological polar surface area (TPSA) is 68.0 Å². The van der Waals surface area contributed by atoms with Crippen LogP contribution in [-0.4, -0.2) is 25.8 Å². The van der Waals surface area contributed by atoms with Crippen LogP contribution < -0.4 is 0 Å². The number of hydrogen-bond acceptors (Lipinski definition) is 3. The molecule has 1 unspecified atom stereocenters. The van der Waals surface area contributed by atoms with Crippen molar-refractivity contribution in [3.8, 4) is 0 Å². The van der Waals surface area contributed by atoms with E-state index in [1.54, 1.807) is 4.57 Å². The summed E-state index contributed by atoms with van der Waals surface area (Å²) in [6.07, 6.45) is 5.00. The normalized spacial score (nSPS) is 12.9. The molecular formula is C12H21N3O2. The molecule has 1 aromatic heterocycles. The highest BCUT2D eigenvalue weighted by atomic mass is 16.4. The Morgan fingerprint density at radius 2 is 2.24 bits per heavy atom. The average molecular weight is 239 g/mol. The van der Waals surface area contributed by atoms with Crippen LogP contribution in [0.3, 0.4) is 0 Å². The molecule has 0 aliphatic heterocycles. The van der Waals surface area contributed by atoms with E-state index >= 15 is 0 Å². The maximum Gasteiger partial charge on any atom is 0.326 e. The first kappa shape index (κ1) is 13.7. The average Bonchev–Trinajstić information content (AvgIpc) is 2.70. The molecule has 17 heavy (non-hydrogen) atoms. The number of unbranched alkanes of at least 4 members (excludes halogenated alkanes) is 1. The van der Waals surface area contributed by atoms with Crippen molar-refractivity contribution < 1.29 is 9.90 Å². The summed E-state index contributed by atoms with van der Waals surface area (Å²) in [7, 11) is 0. The van der Waals surface area contributed by atoms with E-state index in [2.05, 4.69) is 17.1 Å². The summed E-state index contributed by atoms with van der Waals surface area (Å²) in [6, 6.07) is -0.545. The SMILES string of the molecule is CCCCc1nncn1C(CC(C)C)C(=O)O. The first-order chi connectivity index (χ1) is 8.06. The van der Waals surface area contributed by atoms with Gasteiger partial charge in [0, 0.05) is 6.42 Å². The Morgan fingerprint density at radius 3 is 2.76 bits per heavy atom. The molecule has 0 bridgehead atoms. The Labute approximate surface area is 102 Å². The van der Waals surface area contributed by atoms with Gasteiger partial charge in [-0.05, 0) is 18.8 Å². The molecule has 0 aliphatic rings. The second-order valence-corrected chi connectivity index (χ2v) is 4.74. The first-order valence-electron chi connectivity index (χ1n) is 6.17. The Hall–Kier alpha value is -1.39. The Balaban J connectivity index is 2.86. The molecule has 96 valence electrons. The van der Waals surface area contributed by atoms with Crippen molar-refractivity contribution in [2.24, 2.45) is 5.92 Å². The van der Waals surface area contributed by atoms with Crippen LogP contribution in [0.5, 0.6) is 0 Å². The van der Waals surface area contributed by atoms with Gasteiger partial charge in [0.25, 0.3) is 0 Å². The standard InChI is InChI=1S/C12H21N3O2/c1-4-5-6-11-14-13-8-15(11)10(12(16)17)7-9(2)3/h8-10H,4-7H2,1-3H3,(H,16,17). The summed E-state index contributed by atoms with van der Waals surface area (Å²) in [4.78, 5) is 11.3. The number of aromatic nitrogens is 3. The summed E-state index contributed by atoms with van der Waals surface area (Å²) >= 11 is 0. The summed E-state index contributed by atoms with van der Waals surface area (Å²) in [5.74, 6) is 0.300. The third-order valence-electron chi connectivity index (χ3n) is 2.72. The minimum absolute atomic E-state index is 0.331.